The quantitative estimate of drug-likeness (QED) is 0.574. The lowest BCUT2D eigenvalue weighted by molar-refractivity contribution is 0.0686. The second-order valence-corrected chi connectivity index (χ2v) is 4.72. The Morgan fingerprint density at radius 3 is 1.39 bits per heavy atom. The predicted molar refractivity (Wildman–Crippen MR) is 82.1 cm³/mol. The molecule has 0 aromatic heterocycles. The van der Waals surface area contributed by atoms with Gasteiger partial charge in [0.15, 0.2) is 0 Å². The molecule has 1 radical (unpaired) electrons. The first-order chi connectivity index (χ1) is 11.1. The van der Waals surface area contributed by atoms with Crippen LogP contribution in [0.25, 0.3) is 0 Å². The molecule has 2 aromatic carbocycles. The fraction of sp³-hybridized carbons (Fsp3) is 0.125. The topological polar surface area (TPSA) is 93.1 Å². The summed E-state index contributed by atoms with van der Waals surface area (Å²) in [5.41, 5.74) is 2.08. The number of carbonyl (C=O) groups is 2. The van der Waals surface area contributed by atoms with Crippen molar-refractivity contribution in [3.05, 3.63) is 70.8 Å². The van der Waals surface area contributed by atoms with E-state index in [9.17, 15) is 9.59 Å². The Labute approximate surface area is 133 Å². The molecule has 0 aliphatic rings. The average molecular weight is 313 g/mol. The second-order valence-electron chi connectivity index (χ2n) is 4.72. The van der Waals surface area contributed by atoms with Gasteiger partial charge in [-0.25, -0.2) is 9.59 Å². The lowest BCUT2D eigenvalue weighted by atomic mass is 10.1. The largest absolute Gasteiger partial charge is 0.488 e. The predicted octanol–water partition coefficient (Wildman–Crippen LogP) is 2.35. The molecular formula is C16H14BO6. The van der Waals surface area contributed by atoms with Crippen LogP contribution in [0.1, 0.15) is 31.8 Å². The Hall–Kier alpha value is -2.64. The monoisotopic (exact) mass is 313 g/mol. The average Bonchev–Trinajstić information content (AvgIpc) is 2.55. The van der Waals surface area contributed by atoms with E-state index in [1.165, 1.54) is 32.0 Å². The van der Waals surface area contributed by atoms with Gasteiger partial charge in [-0.1, -0.05) is 24.3 Å². The van der Waals surface area contributed by atoms with Crippen LogP contribution in [-0.4, -0.2) is 29.8 Å². The van der Waals surface area contributed by atoms with Crippen LogP contribution in [0.2, 0.25) is 0 Å². The van der Waals surface area contributed by atoms with Crippen LogP contribution >= 0.6 is 0 Å². The Bertz CT molecular complexity index is 606. The highest BCUT2D eigenvalue weighted by Gasteiger charge is 2.04. The number of aromatic carboxylic acids is 2. The third-order valence-corrected chi connectivity index (χ3v) is 3.04. The maximum Gasteiger partial charge on any atom is 0.488 e. The summed E-state index contributed by atoms with van der Waals surface area (Å²) in [6, 6.07) is 12.7. The third-order valence-electron chi connectivity index (χ3n) is 3.04. The van der Waals surface area contributed by atoms with Crippen LogP contribution in [0, 0.1) is 0 Å². The standard InChI is InChI=1S/C16H14BO6/c18-15(19)13-5-1-11(2-6-13)9-22-17-23-10-12-3-7-14(8-4-12)16(20)21/h1-8H,9-10H2,(H,18,19)(H,20,21). The van der Waals surface area contributed by atoms with Gasteiger partial charge in [-0.3, -0.25) is 0 Å². The summed E-state index contributed by atoms with van der Waals surface area (Å²) in [4.78, 5) is 21.4. The molecule has 7 heteroatoms. The van der Waals surface area contributed by atoms with E-state index in [2.05, 4.69) is 0 Å². The zero-order valence-corrected chi connectivity index (χ0v) is 12.1. The molecule has 0 atom stereocenters. The summed E-state index contributed by atoms with van der Waals surface area (Å²) in [6.45, 7) is 0.524. The van der Waals surface area contributed by atoms with Crippen LogP contribution in [0.3, 0.4) is 0 Å². The highest BCUT2D eigenvalue weighted by atomic mass is 16.6. The van der Waals surface area contributed by atoms with Gasteiger partial charge in [0.25, 0.3) is 0 Å². The van der Waals surface area contributed by atoms with Gasteiger partial charge in [0.1, 0.15) is 0 Å². The van der Waals surface area contributed by atoms with Crippen molar-refractivity contribution in [2.75, 3.05) is 0 Å². The lowest BCUT2D eigenvalue weighted by Crippen LogP contribution is -2.05. The zero-order valence-electron chi connectivity index (χ0n) is 12.1. The van der Waals surface area contributed by atoms with Crippen molar-refractivity contribution < 1.29 is 29.1 Å². The van der Waals surface area contributed by atoms with Crippen LogP contribution in [0.15, 0.2) is 48.5 Å². The maximum atomic E-state index is 10.7. The van der Waals surface area contributed by atoms with E-state index in [-0.39, 0.29) is 24.3 Å². The Kier molecular flexibility index (Phi) is 5.90. The number of benzene rings is 2. The molecule has 0 bridgehead atoms. The minimum atomic E-state index is -0.971. The second kappa shape index (κ2) is 8.12. The van der Waals surface area contributed by atoms with E-state index in [1.807, 2.05) is 0 Å². The van der Waals surface area contributed by atoms with Gasteiger partial charge in [-0.15, -0.1) is 0 Å². The summed E-state index contributed by atoms with van der Waals surface area (Å²) in [6.07, 6.45) is 0. The highest BCUT2D eigenvalue weighted by molar-refractivity contribution is 6.17. The molecular weight excluding hydrogens is 299 g/mol. The van der Waals surface area contributed by atoms with Gasteiger partial charge in [-0.2, -0.15) is 0 Å². The van der Waals surface area contributed by atoms with Gasteiger partial charge in [0.2, 0.25) is 0 Å². The van der Waals surface area contributed by atoms with Crippen molar-refractivity contribution >= 4 is 19.6 Å². The number of hydrogen-bond acceptors (Lipinski definition) is 4. The molecule has 0 saturated carbocycles. The molecule has 0 unspecified atom stereocenters. The van der Waals surface area contributed by atoms with Gasteiger partial charge in [0.05, 0.1) is 24.3 Å². The van der Waals surface area contributed by atoms with E-state index in [4.69, 9.17) is 19.5 Å². The van der Waals surface area contributed by atoms with E-state index in [0.29, 0.717) is 0 Å². The lowest BCUT2D eigenvalue weighted by Gasteiger charge is -2.05. The Morgan fingerprint density at radius 2 is 1.09 bits per heavy atom. The van der Waals surface area contributed by atoms with Crippen molar-refractivity contribution in [3.63, 3.8) is 0 Å². The van der Waals surface area contributed by atoms with Crippen LogP contribution in [0.4, 0.5) is 0 Å². The van der Waals surface area contributed by atoms with Gasteiger partial charge < -0.3 is 19.5 Å². The normalized spacial score (nSPS) is 10.3. The number of carboxylic acid groups (broad SMARTS) is 2. The van der Waals surface area contributed by atoms with Crippen molar-refractivity contribution in [1.82, 2.24) is 0 Å². The summed E-state index contributed by atoms with van der Waals surface area (Å²) >= 11 is 0. The molecule has 0 spiro atoms. The molecule has 0 saturated heterocycles. The number of hydrogen-bond donors (Lipinski definition) is 2. The molecule has 0 fully saturated rings. The molecule has 6 nitrogen and oxygen atoms in total. The highest BCUT2D eigenvalue weighted by Crippen LogP contribution is 2.07. The molecule has 0 heterocycles. The van der Waals surface area contributed by atoms with E-state index < -0.39 is 11.9 Å². The summed E-state index contributed by atoms with van der Waals surface area (Å²) in [5.74, 6) is -1.94. The Balaban J connectivity index is 1.69. The molecule has 0 amide bonds. The molecule has 2 rings (SSSR count). The molecule has 23 heavy (non-hydrogen) atoms. The minimum Gasteiger partial charge on any atom is -0.478 e. The summed E-state index contributed by atoms with van der Waals surface area (Å²) in [7, 11) is 1.20. The van der Waals surface area contributed by atoms with Crippen molar-refractivity contribution in [2.24, 2.45) is 0 Å². The summed E-state index contributed by atoms with van der Waals surface area (Å²) < 4.78 is 10.4. The number of carboxylic acids is 2. The van der Waals surface area contributed by atoms with Crippen LogP contribution in [0.5, 0.6) is 0 Å². The first-order valence-corrected chi connectivity index (χ1v) is 6.75. The minimum absolute atomic E-state index is 0.221. The van der Waals surface area contributed by atoms with E-state index in [0.717, 1.165) is 11.1 Å². The smallest absolute Gasteiger partial charge is 0.478 e. The zero-order chi connectivity index (χ0) is 16.7. The molecule has 2 N–H and O–H groups in total. The van der Waals surface area contributed by atoms with Gasteiger partial charge in [-0.05, 0) is 35.4 Å². The Morgan fingerprint density at radius 1 is 0.739 bits per heavy atom. The van der Waals surface area contributed by atoms with Crippen molar-refractivity contribution in [1.29, 1.82) is 0 Å². The maximum absolute atomic E-state index is 10.7. The fourth-order valence-electron chi connectivity index (χ4n) is 1.80. The molecule has 0 aliphatic carbocycles. The van der Waals surface area contributed by atoms with Crippen molar-refractivity contribution in [2.45, 2.75) is 13.2 Å². The first-order valence-electron chi connectivity index (χ1n) is 6.75. The van der Waals surface area contributed by atoms with Crippen molar-refractivity contribution in [3.8, 4) is 0 Å². The van der Waals surface area contributed by atoms with Crippen LogP contribution in [-0.2, 0) is 22.5 Å². The fourth-order valence-corrected chi connectivity index (χ4v) is 1.80. The molecule has 2 aromatic rings. The SMILES string of the molecule is O=C(O)c1ccc(CO[B]OCc2ccc(C(=O)O)cc2)cc1. The van der Waals surface area contributed by atoms with E-state index in [1.54, 1.807) is 24.3 Å². The van der Waals surface area contributed by atoms with Crippen LogP contribution < -0.4 is 0 Å². The number of rotatable bonds is 8. The van der Waals surface area contributed by atoms with Gasteiger partial charge >= 0.3 is 19.6 Å². The first kappa shape index (κ1) is 16.7. The van der Waals surface area contributed by atoms with Gasteiger partial charge in [0, 0.05) is 0 Å². The molecule has 0 aliphatic heterocycles. The summed E-state index contributed by atoms with van der Waals surface area (Å²) in [5, 5.41) is 17.6. The molecule has 117 valence electrons. The third kappa shape index (κ3) is 5.25. The van der Waals surface area contributed by atoms with E-state index >= 15 is 0 Å².